The average Bonchev–Trinajstić information content (AvgIpc) is 2.36. The van der Waals surface area contributed by atoms with Gasteiger partial charge in [-0.15, -0.1) is 0 Å². The molecule has 7 heteroatoms. The Morgan fingerprint density at radius 3 is 1.85 bits per heavy atom. The Morgan fingerprint density at radius 2 is 1.25 bits per heavy atom. The van der Waals surface area contributed by atoms with E-state index in [0.717, 1.165) is 6.07 Å². The van der Waals surface area contributed by atoms with Crippen LogP contribution in [0.3, 0.4) is 0 Å². The summed E-state index contributed by atoms with van der Waals surface area (Å²) in [6.45, 7) is 0. The smallest absolute Gasteiger partial charge is 0.206 e. The number of rotatable bonds is 2. The van der Waals surface area contributed by atoms with Crippen molar-refractivity contribution < 1.29 is 13.2 Å². The minimum atomic E-state index is -2.87. The molecule has 0 N–H and O–H groups in total. The first-order chi connectivity index (χ1) is 9.31. The molecule has 0 heterocycles. The number of hydrogen-bond acceptors (Lipinski definition) is 0. The highest BCUT2D eigenvalue weighted by molar-refractivity contribution is 6.44. The van der Waals surface area contributed by atoms with E-state index >= 15 is 0 Å². The summed E-state index contributed by atoms with van der Waals surface area (Å²) in [5, 5.41) is 0.258. The molecule has 0 aliphatic rings. The van der Waals surface area contributed by atoms with Crippen molar-refractivity contribution in [1.29, 1.82) is 0 Å². The standard InChI is InChI=1S/C13H5Cl4F3/c14-8-2-6(12(18)3-7(8)13(19)20)5-1-10(16)11(17)4-9(5)15/h1-4,13H. The Labute approximate surface area is 133 Å². The van der Waals surface area contributed by atoms with Crippen molar-refractivity contribution >= 4 is 46.4 Å². The van der Waals surface area contributed by atoms with Crippen LogP contribution in [-0.4, -0.2) is 0 Å². The van der Waals surface area contributed by atoms with Gasteiger partial charge in [0.05, 0.1) is 20.1 Å². The van der Waals surface area contributed by atoms with Gasteiger partial charge in [-0.1, -0.05) is 46.4 Å². The number of hydrogen-bond donors (Lipinski definition) is 0. The summed E-state index contributed by atoms with van der Waals surface area (Å²) >= 11 is 23.3. The van der Waals surface area contributed by atoms with Gasteiger partial charge in [0.2, 0.25) is 0 Å². The summed E-state index contributed by atoms with van der Waals surface area (Å²) in [6.07, 6.45) is -2.87. The zero-order valence-corrected chi connectivity index (χ0v) is 12.6. The second-order valence-electron chi connectivity index (χ2n) is 3.90. The number of alkyl halides is 2. The molecule has 0 saturated carbocycles. The molecule has 0 bridgehead atoms. The third-order valence-corrected chi connectivity index (χ3v) is 3.98. The quantitative estimate of drug-likeness (QED) is 0.504. The normalized spacial score (nSPS) is 11.2. The highest BCUT2D eigenvalue weighted by Gasteiger charge is 2.18. The van der Waals surface area contributed by atoms with Crippen molar-refractivity contribution in [2.75, 3.05) is 0 Å². The van der Waals surface area contributed by atoms with Crippen molar-refractivity contribution in [1.82, 2.24) is 0 Å². The lowest BCUT2D eigenvalue weighted by molar-refractivity contribution is 0.151. The first-order valence-corrected chi connectivity index (χ1v) is 6.74. The van der Waals surface area contributed by atoms with Crippen molar-refractivity contribution in [3.63, 3.8) is 0 Å². The lowest BCUT2D eigenvalue weighted by Crippen LogP contribution is -1.93. The molecule has 0 atom stereocenters. The zero-order valence-electron chi connectivity index (χ0n) is 9.53. The van der Waals surface area contributed by atoms with Gasteiger partial charge in [0, 0.05) is 16.7 Å². The highest BCUT2D eigenvalue weighted by Crippen LogP contribution is 2.39. The molecule has 2 aromatic carbocycles. The van der Waals surface area contributed by atoms with E-state index in [1.807, 2.05) is 0 Å². The fraction of sp³-hybridized carbons (Fsp3) is 0.0769. The molecule has 2 aromatic rings. The van der Waals surface area contributed by atoms with Gasteiger partial charge in [0.15, 0.2) is 0 Å². The first-order valence-electron chi connectivity index (χ1n) is 5.23. The second kappa shape index (κ2) is 6.02. The van der Waals surface area contributed by atoms with Crippen LogP contribution in [0, 0.1) is 5.82 Å². The van der Waals surface area contributed by atoms with Crippen LogP contribution in [0.25, 0.3) is 11.1 Å². The lowest BCUT2D eigenvalue weighted by Gasteiger charge is -2.11. The lowest BCUT2D eigenvalue weighted by atomic mass is 10.0. The molecule has 0 fully saturated rings. The van der Waals surface area contributed by atoms with Crippen LogP contribution >= 0.6 is 46.4 Å². The fourth-order valence-electron chi connectivity index (χ4n) is 1.66. The molecule has 0 unspecified atom stereocenters. The van der Waals surface area contributed by atoms with Crippen LogP contribution < -0.4 is 0 Å². The molecular weight excluding hydrogens is 355 g/mol. The van der Waals surface area contributed by atoms with E-state index in [-0.39, 0.29) is 31.2 Å². The summed E-state index contributed by atoms with van der Waals surface area (Å²) in [5.41, 5.74) is -0.381. The predicted molar refractivity (Wildman–Crippen MR) is 76.8 cm³/mol. The van der Waals surface area contributed by atoms with E-state index in [0.29, 0.717) is 6.07 Å². The van der Waals surface area contributed by atoms with Crippen LogP contribution in [0.5, 0.6) is 0 Å². The molecule has 0 aromatic heterocycles. The summed E-state index contributed by atoms with van der Waals surface area (Å²) in [5.74, 6) is -0.870. The SMILES string of the molecule is Fc1cc(C(F)F)c(Cl)cc1-c1cc(Cl)c(Cl)cc1Cl. The molecule has 0 aliphatic carbocycles. The van der Waals surface area contributed by atoms with Crippen molar-refractivity contribution in [3.05, 3.63) is 55.7 Å². The van der Waals surface area contributed by atoms with E-state index in [4.69, 9.17) is 46.4 Å². The third-order valence-electron chi connectivity index (χ3n) is 2.62. The van der Waals surface area contributed by atoms with Crippen LogP contribution in [0.4, 0.5) is 13.2 Å². The maximum Gasteiger partial charge on any atom is 0.265 e. The molecule has 0 nitrogen and oxygen atoms in total. The summed E-state index contributed by atoms with van der Waals surface area (Å²) in [7, 11) is 0. The van der Waals surface area contributed by atoms with E-state index < -0.39 is 17.8 Å². The van der Waals surface area contributed by atoms with E-state index in [1.54, 1.807) is 0 Å². The van der Waals surface area contributed by atoms with Crippen molar-refractivity contribution in [2.24, 2.45) is 0 Å². The first kappa shape index (κ1) is 15.8. The summed E-state index contributed by atoms with van der Waals surface area (Å²) < 4.78 is 39.2. The van der Waals surface area contributed by atoms with Gasteiger partial charge in [-0.25, -0.2) is 13.2 Å². The molecule has 2 rings (SSSR count). The Morgan fingerprint density at radius 1 is 0.700 bits per heavy atom. The Kier molecular flexibility index (Phi) is 4.75. The molecule has 0 radical (unpaired) electrons. The minimum Gasteiger partial charge on any atom is -0.206 e. The Bertz CT molecular complexity index is 671. The molecule has 20 heavy (non-hydrogen) atoms. The Hall–Kier alpha value is -0.610. The third kappa shape index (κ3) is 3.01. The van der Waals surface area contributed by atoms with Crippen LogP contribution in [0.2, 0.25) is 20.1 Å². The maximum atomic E-state index is 14.0. The molecular formula is C13H5Cl4F3. The van der Waals surface area contributed by atoms with Crippen molar-refractivity contribution in [3.8, 4) is 11.1 Å². The topological polar surface area (TPSA) is 0 Å². The number of benzene rings is 2. The molecule has 0 aliphatic heterocycles. The van der Waals surface area contributed by atoms with Gasteiger partial charge < -0.3 is 0 Å². The maximum absolute atomic E-state index is 14.0. The fourth-order valence-corrected chi connectivity index (χ4v) is 2.56. The zero-order chi connectivity index (χ0) is 15.0. The summed E-state index contributed by atoms with van der Waals surface area (Å²) in [4.78, 5) is 0. The monoisotopic (exact) mass is 358 g/mol. The average molecular weight is 360 g/mol. The summed E-state index contributed by atoms with van der Waals surface area (Å²) in [6, 6.07) is 4.46. The van der Waals surface area contributed by atoms with Gasteiger partial charge in [0.25, 0.3) is 6.43 Å². The van der Waals surface area contributed by atoms with E-state index in [9.17, 15) is 13.2 Å². The van der Waals surface area contributed by atoms with Crippen LogP contribution in [0.1, 0.15) is 12.0 Å². The Balaban J connectivity index is 2.65. The highest BCUT2D eigenvalue weighted by atomic mass is 35.5. The second-order valence-corrected chi connectivity index (χ2v) is 5.53. The van der Waals surface area contributed by atoms with Crippen LogP contribution in [0.15, 0.2) is 24.3 Å². The predicted octanol–water partition coefficient (Wildman–Crippen LogP) is 7.04. The minimum absolute atomic E-state index is 0.0250. The van der Waals surface area contributed by atoms with Gasteiger partial charge >= 0.3 is 0 Å². The van der Waals surface area contributed by atoms with Gasteiger partial charge in [-0.3, -0.25) is 0 Å². The molecule has 0 amide bonds. The van der Waals surface area contributed by atoms with Gasteiger partial charge in [-0.2, -0.15) is 0 Å². The van der Waals surface area contributed by atoms with E-state index in [1.165, 1.54) is 12.1 Å². The molecule has 0 saturated heterocycles. The van der Waals surface area contributed by atoms with Gasteiger partial charge in [-0.05, 0) is 24.3 Å². The van der Waals surface area contributed by atoms with E-state index in [2.05, 4.69) is 0 Å². The van der Waals surface area contributed by atoms with Gasteiger partial charge in [0.1, 0.15) is 5.82 Å². The molecule has 106 valence electrons. The molecule has 0 spiro atoms. The van der Waals surface area contributed by atoms with Crippen molar-refractivity contribution in [2.45, 2.75) is 6.43 Å². The number of halogens is 7. The van der Waals surface area contributed by atoms with Crippen LogP contribution in [-0.2, 0) is 0 Å². The largest absolute Gasteiger partial charge is 0.265 e.